The summed E-state index contributed by atoms with van der Waals surface area (Å²) in [6, 6.07) is 8.06. The van der Waals surface area contributed by atoms with Crippen molar-refractivity contribution in [3.8, 4) is 0 Å². The van der Waals surface area contributed by atoms with E-state index < -0.39 is 0 Å². The zero-order chi connectivity index (χ0) is 14.2. The Morgan fingerprint density at radius 2 is 1.71 bits per heavy atom. The second kappa shape index (κ2) is 5.46. The van der Waals surface area contributed by atoms with E-state index in [-0.39, 0.29) is 0 Å². The number of halogens is 1. The minimum atomic E-state index is 0.695. The van der Waals surface area contributed by atoms with E-state index in [0.29, 0.717) is 5.92 Å². The van der Waals surface area contributed by atoms with E-state index in [1.54, 1.807) is 11.3 Å². The van der Waals surface area contributed by atoms with Crippen LogP contribution in [0, 0.1) is 0 Å². The van der Waals surface area contributed by atoms with Crippen molar-refractivity contribution in [3.63, 3.8) is 0 Å². The number of nitrogens with zero attached hydrogens (tertiary/aromatic N) is 4. The van der Waals surface area contributed by atoms with E-state index in [1.807, 2.05) is 18.2 Å². The first-order valence-corrected chi connectivity index (χ1v) is 8.58. The Balaban J connectivity index is 1.43. The molecular weight excluding hydrogens is 304 g/mol. The zero-order valence-corrected chi connectivity index (χ0v) is 13.3. The number of para-hydroxylation sites is 1. The Hall–Kier alpha value is -1.33. The summed E-state index contributed by atoms with van der Waals surface area (Å²) in [6.07, 6.45) is 2.57. The van der Waals surface area contributed by atoms with E-state index in [9.17, 15) is 0 Å². The summed E-state index contributed by atoms with van der Waals surface area (Å²) in [7, 11) is 0. The van der Waals surface area contributed by atoms with Crippen molar-refractivity contribution < 1.29 is 0 Å². The lowest BCUT2D eigenvalue weighted by Gasteiger charge is -2.36. The normalized spacial score (nSPS) is 19.1. The summed E-state index contributed by atoms with van der Waals surface area (Å²) in [5.41, 5.74) is 1.13. The predicted octanol–water partition coefficient (Wildman–Crippen LogP) is 3.40. The number of hydrogen-bond acceptors (Lipinski definition) is 5. The minimum absolute atomic E-state index is 0.695. The second-order valence-electron chi connectivity index (χ2n) is 5.62. The van der Waals surface area contributed by atoms with Crippen molar-refractivity contribution in [2.45, 2.75) is 18.8 Å². The highest BCUT2D eigenvalue weighted by atomic mass is 35.5. The van der Waals surface area contributed by atoms with Crippen LogP contribution < -0.4 is 9.80 Å². The first-order valence-electron chi connectivity index (χ1n) is 7.39. The van der Waals surface area contributed by atoms with E-state index in [2.05, 4.69) is 26.1 Å². The molecule has 1 aromatic carbocycles. The molecule has 0 bridgehead atoms. The zero-order valence-electron chi connectivity index (χ0n) is 11.7. The quantitative estimate of drug-likeness (QED) is 0.867. The molecule has 1 aliphatic heterocycles. The van der Waals surface area contributed by atoms with E-state index >= 15 is 0 Å². The van der Waals surface area contributed by atoms with Crippen molar-refractivity contribution in [1.82, 2.24) is 10.2 Å². The summed E-state index contributed by atoms with van der Waals surface area (Å²) in [5, 5.41) is 11.8. The van der Waals surface area contributed by atoms with Gasteiger partial charge in [0.25, 0.3) is 0 Å². The molecule has 4 nitrogen and oxygen atoms in total. The lowest BCUT2D eigenvalue weighted by atomic mass is 10.2. The fourth-order valence-corrected chi connectivity index (χ4v) is 4.02. The van der Waals surface area contributed by atoms with Crippen LogP contribution in [0.25, 0.3) is 0 Å². The van der Waals surface area contributed by atoms with Crippen LogP contribution in [0.5, 0.6) is 0 Å². The molecule has 0 N–H and O–H groups in total. The van der Waals surface area contributed by atoms with Crippen LogP contribution in [0.15, 0.2) is 24.3 Å². The Bertz CT molecular complexity index is 632. The number of rotatable bonds is 3. The number of anilines is 2. The lowest BCUT2D eigenvalue weighted by Crippen LogP contribution is -2.46. The van der Waals surface area contributed by atoms with Gasteiger partial charge in [0.1, 0.15) is 5.01 Å². The monoisotopic (exact) mass is 320 g/mol. The van der Waals surface area contributed by atoms with Gasteiger partial charge in [0, 0.05) is 32.1 Å². The van der Waals surface area contributed by atoms with Crippen molar-refractivity contribution in [2.75, 3.05) is 36.0 Å². The average Bonchev–Trinajstić information content (AvgIpc) is 3.26. The highest BCUT2D eigenvalue weighted by molar-refractivity contribution is 7.15. The molecule has 2 aromatic rings. The molecule has 1 aliphatic carbocycles. The number of benzene rings is 1. The Labute approximate surface area is 133 Å². The molecule has 0 amide bonds. The molecule has 2 fully saturated rings. The summed E-state index contributed by atoms with van der Waals surface area (Å²) >= 11 is 8.05. The maximum Gasteiger partial charge on any atom is 0.208 e. The van der Waals surface area contributed by atoms with Gasteiger partial charge in [0.2, 0.25) is 5.13 Å². The predicted molar refractivity (Wildman–Crippen MR) is 87.8 cm³/mol. The van der Waals surface area contributed by atoms with Gasteiger partial charge in [-0.2, -0.15) is 0 Å². The highest BCUT2D eigenvalue weighted by Crippen LogP contribution is 2.42. The number of hydrogen-bond donors (Lipinski definition) is 0. The Kier molecular flexibility index (Phi) is 3.47. The molecular formula is C15H17ClN4S. The van der Waals surface area contributed by atoms with Gasteiger partial charge in [-0.25, -0.2) is 0 Å². The van der Waals surface area contributed by atoms with E-state index in [0.717, 1.165) is 42.0 Å². The highest BCUT2D eigenvalue weighted by Gasteiger charge is 2.29. The minimum Gasteiger partial charge on any atom is -0.367 e. The maximum absolute atomic E-state index is 6.28. The molecule has 0 spiro atoms. The third-order valence-corrected chi connectivity index (χ3v) is 5.57. The van der Waals surface area contributed by atoms with Crippen LogP contribution in [0.2, 0.25) is 5.02 Å². The van der Waals surface area contributed by atoms with Crippen molar-refractivity contribution >= 4 is 33.8 Å². The van der Waals surface area contributed by atoms with Crippen LogP contribution in [0.3, 0.4) is 0 Å². The molecule has 0 unspecified atom stereocenters. The van der Waals surface area contributed by atoms with Gasteiger partial charge < -0.3 is 9.80 Å². The van der Waals surface area contributed by atoms with Gasteiger partial charge in [-0.15, -0.1) is 10.2 Å². The summed E-state index contributed by atoms with van der Waals surface area (Å²) in [6.45, 7) is 3.90. The Morgan fingerprint density at radius 1 is 1.00 bits per heavy atom. The van der Waals surface area contributed by atoms with Crippen LogP contribution in [-0.2, 0) is 0 Å². The van der Waals surface area contributed by atoms with Gasteiger partial charge in [0.05, 0.1) is 10.7 Å². The third kappa shape index (κ3) is 2.72. The van der Waals surface area contributed by atoms with Crippen LogP contribution >= 0.6 is 22.9 Å². The summed E-state index contributed by atoms with van der Waals surface area (Å²) < 4.78 is 0. The van der Waals surface area contributed by atoms with Crippen molar-refractivity contribution in [1.29, 1.82) is 0 Å². The SMILES string of the molecule is Clc1ccccc1N1CCN(c2nnc(C3CC3)s2)CC1. The van der Waals surface area contributed by atoms with E-state index in [1.165, 1.54) is 17.8 Å². The fourth-order valence-electron chi connectivity index (χ4n) is 2.70. The number of piperazine rings is 1. The van der Waals surface area contributed by atoms with Gasteiger partial charge in [-0.05, 0) is 25.0 Å². The first-order chi connectivity index (χ1) is 10.3. The molecule has 1 aromatic heterocycles. The molecule has 2 aliphatic rings. The molecule has 1 saturated heterocycles. The molecule has 21 heavy (non-hydrogen) atoms. The standard InChI is InChI=1S/C15H17ClN4S/c16-12-3-1-2-4-13(12)19-7-9-20(10-8-19)15-18-17-14(21-15)11-5-6-11/h1-4,11H,5-10H2. The van der Waals surface area contributed by atoms with E-state index in [4.69, 9.17) is 11.6 Å². The maximum atomic E-state index is 6.28. The smallest absolute Gasteiger partial charge is 0.208 e. The topological polar surface area (TPSA) is 32.3 Å². The molecule has 4 rings (SSSR count). The molecule has 0 atom stereocenters. The van der Waals surface area contributed by atoms with Crippen LogP contribution in [-0.4, -0.2) is 36.4 Å². The Morgan fingerprint density at radius 3 is 2.43 bits per heavy atom. The summed E-state index contributed by atoms with van der Waals surface area (Å²) in [4.78, 5) is 4.69. The molecule has 2 heterocycles. The first kappa shape index (κ1) is 13.3. The number of aromatic nitrogens is 2. The molecule has 1 saturated carbocycles. The third-order valence-electron chi connectivity index (χ3n) is 4.10. The van der Waals surface area contributed by atoms with Crippen LogP contribution in [0.4, 0.5) is 10.8 Å². The fraction of sp³-hybridized carbons (Fsp3) is 0.467. The van der Waals surface area contributed by atoms with Crippen molar-refractivity contribution in [3.05, 3.63) is 34.3 Å². The van der Waals surface area contributed by atoms with Crippen molar-refractivity contribution in [2.24, 2.45) is 0 Å². The molecule has 110 valence electrons. The van der Waals surface area contributed by atoms with Gasteiger partial charge in [-0.3, -0.25) is 0 Å². The van der Waals surface area contributed by atoms with Gasteiger partial charge in [-0.1, -0.05) is 35.1 Å². The van der Waals surface area contributed by atoms with Crippen LogP contribution in [0.1, 0.15) is 23.8 Å². The molecule has 0 radical (unpaired) electrons. The largest absolute Gasteiger partial charge is 0.367 e. The van der Waals surface area contributed by atoms with Gasteiger partial charge >= 0.3 is 0 Å². The lowest BCUT2D eigenvalue weighted by molar-refractivity contribution is 0.649. The van der Waals surface area contributed by atoms with Gasteiger partial charge in [0.15, 0.2) is 0 Å². The second-order valence-corrected chi connectivity index (χ2v) is 7.02. The molecule has 6 heteroatoms. The average molecular weight is 321 g/mol. The summed E-state index contributed by atoms with van der Waals surface area (Å²) in [5.74, 6) is 0.695.